The van der Waals surface area contributed by atoms with Crippen molar-refractivity contribution in [3.63, 3.8) is 0 Å². The summed E-state index contributed by atoms with van der Waals surface area (Å²) in [5.74, 6) is -0.405. The van der Waals surface area contributed by atoms with E-state index < -0.39 is 15.9 Å². The maximum atomic E-state index is 13.0. The van der Waals surface area contributed by atoms with Crippen LogP contribution in [-0.2, 0) is 10.0 Å². The quantitative estimate of drug-likeness (QED) is 0.306. The number of benzene rings is 2. The largest absolute Gasteiger partial charge is 0.358 e. The molecule has 34 heavy (non-hydrogen) atoms. The number of amides is 1. The van der Waals surface area contributed by atoms with Crippen molar-refractivity contribution in [2.24, 2.45) is 0 Å². The molecule has 2 aromatic carbocycles. The van der Waals surface area contributed by atoms with Gasteiger partial charge in [-0.1, -0.05) is 6.07 Å². The number of nitrogens with zero attached hydrogens (tertiary/aromatic N) is 3. The van der Waals surface area contributed by atoms with Crippen molar-refractivity contribution in [2.45, 2.75) is 11.8 Å². The second-order valence-corrected chi connectivity index (χ2v) is 9.29. The van der Waals surface area contributed by atoms with E-state index in [4.69, 9.17) is 0 Å². The van der Waals surface area contributed by atoms with Crippen LogP contribution < -0.4 is 10.0 Å². The van der Waals surface area contributed by atoms with Crippen LogP contribution in [-0.4, -0.2) is 34.5 Å². The molecule has 1 amide bonds. The minimum atomic E-state index is -3.94. The molecule has 0 bridgehead atoms. The van der Waals surface area contributed by atoms with Crippen molar-refractivity contribution >= 4 is 49.2 Å². The van der Waals surface area contributed by atoms with Crippen molar-refractivity contribution in [1.29, 1.82) is 5.26 Å². The van der Waals surface area contributed by atoms with Gasteiger partial charge in [-0.25, -0.2) is 13.4 Å². The molecule has 0 atom stereocenters. The molecule has 0 aliphatic heterocycles. The first kappa shape index (κ1) is 21.2. The van der Waals surface area contributed by atoms with Crippen LogP contribution in [0.3, 0.4) is 0 Å². The van der Waals surface area contributed by atoms with E-state index in [1.165, 1.54) is 30.5 Å². The number of carbonyl (C=O) groups excluding carboxylic acids is 1. The van der Waals surface area contributed by atoms with Gasteiger partial charge in [0.25, 0.3) is 15.9 Å². The number of carbonyl (C=O) groups is 1. The fourth-order valence-electron chi connectivity index (χ4n) is 3.69. The molecule has 168 valence electrons. The van der Waals surface area contributed by atoms with Gasteiger partial charge in [-0.3, -0.25) is 14.6 Å². The zero-order chi connectivity index (χ0) is 23.9. The molecule has 0 spiro atoms. The number of sulfonamides is 1. The zero-order valence-electron chi connectivity index (χ0n) is 17.7. The molecule has 3 heterocycles. The number of aryl methyl sites for hydroxylation is 1. The van der Waals surface area contributed by atoms with Gasteiger partial charge in [0, 0.05) is 22.5 Å². The number of hydrogen-bond acceptors (Lipinski definition) is 6. The molecule has 0 radical (unpaired) electrons. The molecule has 0 aliphatic carbocycles. The Bertz CT molecular complexity index is 1710. The fraction of sp³-hybridized carbons (Fsp3) is 0.0435. The second kappa shape index (κ2) is 8.02. The van der Waals surface area contributed by atoms with Gasteiger partial charge in [-0.15, -0.1) is 0 Å². The van der Waals surface area contributed by atoms with E-state index >= 15 is 0 Å². The minimum Gasteiger partial charge on any atom is -0.358 e. The lowest BCUT2D eigenvalue weighted by molar-refractivity contribution is 0.102. The molecule has 0 saturated heterocycles. The zero-order valence-corrected chi connectivity index (χ0v) is 18.6. The van der Waals surface area contributed by atoms with Gasteiger partial charge in [-0.2, -0.15) is 10.4 Å². The first-order valence-corrected chi connectivity index (χ1v) is 11.6. The third-order valence-electron chi connectivity index (χ3n) is 5.38. The summed E-state index contributed by atoms with van der Waals surface area (Å²) in [5, 5.41) is 20.1. The molecule has 11 heteroatoms. The standard InChI is InChI=1S/C23H17N7O3S/c1-13-2-7-19(21-20(13)16(9-24)10-25-21)30-34(32,33)18-5-3-14(4-6-18)23(31)28-17-8-15-11-27-29-22(15)26-12-17/h2-8,10-12,25,30H,1H3,(H,28,31)(H,26,27,29). The van der Waals surface area contributed by atoms with Crippen molar-refractivity contribution in [3.8, 4) is 6.07 Å². The van der Waals surface area contributed by atoms with Gasteiger partial charge in [0.05, 0.1) is 39.7 Å². The molecular formula is C23H17N7O3S. The first-order chi connectivity index (χ1) is 16.4. The molecular weight excluding hydrogens is 454 g/mol. The maximum Gasteiger partial charge on any atom is 0.261 e. The lowest BCUT2D eigenvalue weighted by atomic mass is 10.1. The van der Waals surface area contributed by atoms with E-state index in [0.29, 0.717) is 33.5 Å². The molecule has 0 aliphatic rings. The van der Waals surface area contributed by atoms with Crippen molar-refractivity contribution in [2.75, 3.05) is 10.0 Å². The third-order valence-corrected chi connectivity index (χ3v) is 6.77. The van der Waals surface area contributed by atoms with Crippen molar-refractivity contribution in [1.82, 2.24) is 20.2 Å². The van der Waals surface area contributed by atoms with Gasteiger partial charge < -0.3 is 10.3 Å². The van der Waals surface area contributed by atoms with Crippen LogP contribution in [0, 0.1) is 18.3 Å². The number of nitrogens with one attached hydrogen (secondary N) is 4. The number of anilines is 2. The number of rotatable bonds is 5. The lowest BCUT2D eigenvalue weighted by Gasteiger charge is -2.11. The van der Waals surface area contributed by atoms with E-state index in [1.807, 2.05) is 6.92 Å². The lowest BCUT2D eigenvalue weighted by Crippen LogP contribution is -2.15. The summed E-state index contributed by atoms with van der Waals surface area (Å²) in [5.41, 5.74) is 3.52. The summed E-state index contributed by atoms with van der Waals surface area (Å²) < 4.78 is 28.5. The SMILES string of the molecule is Cc1ccc(NS(=O)(=O)c2ccc(C(=O)Nc3cnc4[nH]ncc4c3)cc2)c2[nH]cc(C#N)c12. The Kier molecular flexibility index (Phi) is 4.99. The Hall–Kier alpha value is -4.69. The summed E-state index contributed by atoms with van der Waals surface area (Å²) >= 11 is 0. The van der Waals surface area contributed by atoms with Gasteiger partial charge >= 0.3 is 0 Å². The maximum absolute atomic E-state index is 13.0. The Morgan fingerprint density at radius 3 is 2.68 bits per heavy atom. The number of pyridine rings is 1. The highest BCUT2D eigenvalue weighted by Crippen LogP contribution is 2.30. The summed E-state index contributed by atoms with van der Waals surface area (Å²) in [6.45, 7) is 1.85. The predicted molar refractivity (Wildman–Crippen MR) is 127 cm³/mol. The average molecular weight is 472 g/mol. The normalized spacial score (nSPS) is 11.4. The average Bonchev–Trinajstić information content (AvgIpc) is 3.48. The highest BCUT2D eigenvalue weighted by atomic mass is 32.2. The van der Waals surface area contributed by atoms with Gasteiger partial charge in [0.15, 0.2) is 5.65 Å². The van der Waals surface area contributed by atoms with Crippen LogP contribution in [0.1, 0.15) is 21.5 Å². The van der Waals surface area contributed by atoms with Crippen LogP contribution in [0.5, 0.6) is 0 Å². The van der Waals surface area contributed by atoms with Crippen LogP contribution in [0.15, 0.2) is 66.0 Å². The molecule has 5 aromatic rings. The molecule has 0 fully saturated rings. The fourth-order valence-corrected chi connectivity index (χ4v) is 4.76. The number of aromatic amines is 2. The van der Waals surface area contributed by atoms with Crippen molar-refractivity contribution in [3.05, 3.63) is 77.7 Å². The van der Waals surface area contributed by atoms with Gasteiger partial charge in [0.1, 0.15) is 6.07 Å². The minimum absolute atomic E-state index is 0.00804. The monoisotopic (exact) mass is 471 g/mol. The van der Waals surface area contributed by atoms with Crippen LogP contribution in [0.2, 0.25) is 0 Å². The molecule has 10 nitrogen and oxygen atoms in total. The smallest absolute Gasteiger partial charge is 0.261 e. The number of aromatic nitrogens is 4. The van der Waals surface area contributed by atoms with E-state index in [9.17, 15) is 18.5 Å². The molecule has 0 unspecified atom stereocenters. The Morgan fingerprint density at radius 1 is 1.12 bits per heavy atom. The predicted octanol–water partition coefficient (Wildman–Crippen LogP) is 3.67. The summed E-state index contributed by atoms with van der Waals surface area (Å²) in [6, 6.07) is 12.8. The summed E-state index contributed by atoms with van der Waals surface area (Å²) in [7, 11) is -3.94. The highest BCUT2D eigenvalue weighted by molar-refractivity contribution is 7.92. The van der Waals surface area contributed by atoms with E-state index in [1.54, 1.807) is 30.6 Å². The number of nitriles is 1. The van der Waals surface area contributed by atoms with Gasteiger partial charge in [-0.05, 0) is 48.9 Å². The number of hydrogen-bond donors (Lipinski definition) is 4. The van der Waals surface area contributed by atoms with E-state index in [0.717, 1.165) is 10.9 Å². The Labute approximate surface area is 193 Å². The van der Waals surface area contributed by atoms with E-state index in [-0.39, 0.29) is 10.5 Å². The van der Waals surface area contributed by atoms with Crippen LogP contribution in [0.4, 0.5) is 11.4 Å². The molecule has 5 rings (SSSR count). The van der Waals surface area contributed by atoms with Crippen molar-refractivity contribution < 1.29 is 13.2 Å². The Balaban J connectivity index is 1.37. The third kappa shape index (κ3) is 3.72. The molecule has 3 aromatic heterocycles. The Morgan fingerprint density at radius 2 is 1.91 bits per heavy atom. The van der Waals surface area contributed by atoms with Crippen LogP contribution in [0.25, 0.3) is 21.9 Å². The first-order valence-electron chi connectivity index (χ1n) is 10.1. The van der Waals surface area contributed by atoms with Gasteiger partial charge in [0.2, 0.25) is 0 Å². The van der Waals surface area contributed by atoms with E-state index in [2.05, 4.69) is 36.3 Å². The second-order valence-electron chi connectivity index (χ2n) is 7.61. The topological polar surface area (TPSA) is 156 Å². The number of fused-ring (bicyclic) bond motifs is 2. The molecule has 4 N–H and O–H groups in total. The van der Waals surface area contributed by atoms with Crippen LogP contribution >= 0.6 is 0 Å². The molecule has 0 saturated carbocycles. The number of H-pyrrole nitrogens is 2. The summed E-state index contributed by atoms with van der Waals surface area (Å²) in [6.07, 6.45) is 4.64. The summed E-state index contributed by atoms with van der Waals surface area (Å²) in [4.78, 5) is 19.7. The highest BCUT2D eigenvalue weighted by Gasteiger charge is 2.19.